The number of carboxylic acid groups (broad SMARTS) is 1. The van der Waals surface area contributed by atoms with Gasteiger partial charge in [0.2, 0.25) is 17.7 Å². The molecule has 0 aliphatic rings. The molecular weight excluding hydrogens is 739 g/mol. The smallest absolute Gasteiger partial charge is 0.326 e. The van der Waals surface area contributed by atoms with Gasteiger partial charge in [0.05, 0.1) is 18.1 Å². The summed E-state index contributed by atoms with van der Waals surface area (Å²) in [7, 11) is 0. The Hall–Kier alpha value is -4.50. The van der Waals surface area contributed by atoms with Crippen molar-refractivity contribution >= 4 is 35.3 Å². The number of aliphatic carboxylic acids is 1. The number of hydrogen-bond donors (Lipinski definition) is 8. The van der Waals surface area contributed by atoms with Gasteiger partial charge < -0.3 is 44.0 Å². The van der Waals surface area contributed by atoms with Crippen LogP contribution in [0.4, 0.5) is 0 Å². The number of ketones is 2. The van der Waals surface area contributed by atoms with Crippen molar-refractivity contribution in [2.45, 2.75) is 129 Å². The third kappa shape index (κ3) is 20.8. The molecule has 324 valence electrons. The van der Waals surface area contributed by atoms with Crippen LogP contribution in [0.1, 0.15) is 103 Å². The van der Waals surface area contributed by atoms with E-state index >= 15 is 0 Å². The molecule has 0 heterocycles. The molecule has 2 rings (SSSR count). The SMILES string of the molecule is CC.CC(C)C[C@@H](NC(=O)[C@H](CC(=O)[C@H](N)Cc1ccccc1)Cc1ccccc1)C(=O)C[C@H](CCCN)C(=O)NCCCC[C@H](NC(=O)[C@H](N)CCCN)C(=O)O. The quantitative estimate of drug-likeness (QED) is 0.0554. The number of carbonyl (C=O) groups excluding carboxylic acids is 5. The second-order valence-corrected chi connectivity index (χ2v) is 15.1. The Morgan fingerprint density at radius 3 is 1.69 bits per heavy atom. The average Bonchev–Trinajstić information content (AvgIpc) is 3.21. The summed E-state index contributed by atoms with van der Waals surface area (Å²) in [6.07, 6.45) is 3.47. The minimum Gasteiger partial charge on any atom is -0.480 e. The Labute approximate surface area is 345 Å². The molecule has 6 atom stereocenters. The minimum atomic E-state index is -1.18. The molecule has 0 saturated heterocycles. The van der Waals surface area contributed by atoms with Gasteiger partial charge >= 0.3 is 5.97 Å². The van der Waals surface area contributed by atoms with Crippen LogP contribution < -0.4 is 38.9 Å². The normalized spacial score (nSPS) is 14.1. The molecule has 14 heteroatoms. The van der Waals surface area contributed by atoms with E-state index in [4.69, 9.17) is 22.9 Å². The van der Waals surface area contributed by atoms with Crippen LogP contribution in [0.15, 0.2) is 60.7 Å². The molecule has 3 amide bonds. The Kier molecular flexibility index (Phi) is 26.4. The van der Waals surface area contributed by atoms with Crippen molar-refractivity contribution in [3.8, 4) is 0 Å². The van der Waals surface area contributed by atoms with Gasteiger partial charge in [-0.2, -0.15) is 0 Å². The maximum absolute atomic E-state index is 14.0. The topological polar surface area (TPSA) is 263 Å². The first-order valence-corrected chi connectivity index (χ1v) is 20.9. The van der Waals surface area contributed by atoms with Crippen molar-refractivity contribution in [2.75, 3.05) is 19.6 Å². The maximum Gasteiger partial charge on any atom is 0.326 e. The summed E-state index contributed by atoms with van der Waals surface area (Å²) < 4.78 is 0. The molecule has 0 aliphatic heterocycles. The number of Topliss-reactive ketones (excluding diaryl/α,β-unsaturated/α-hetero) is 2. The van der Waals surface area contributed by atoms with Gasteiger partial charge in [0.15, 0.2) is 11.6 Å². The molecule has 0 aromatic heterocycles. The molecule has 14 nitrogen and oxygen atoms in total. The second kappa shape index (κ2) is 29.7. The largest absolute Gasteiger partial charge is 0.480 e. The molecule has 0 radical (unpaired) electrons. The summed E-state index contributed by atoms with van der Waals surface area (Å²) >= 11 is 0. The van der Waals surface area contributed by atoms with E-state index in [1.54, 1.807) is 0 Å². The van der Waals surface area contributed by atoms with Crippen LogP contribution in [0.2, 0.25) is 0 Å². The molecule has 2 aromatic rings. The Bertz CT molecular complexity index is 1510. The van der Waals surface area contributed by atoms with Gasteiger partial charge in [-0.3, -0.25) is 24.0 Å². The third-order valence-electron chi connectivity index (χ3n) is 9.73. The zero-order valence-corrected chi connectivity index (χ0v) is 35.1. The first-order chi connectivity index (χ1) is 27.7. The number of carboxylic acids is 1. The lowest BCUT2D eigenvalue weighted by atomic mass is 9.88. The third-order valence-corrected chi connectivity index (χ3v) is 9.73. The highest BCUT2D eigenvalue weighted by Gasteiger charge is 2.32. The van der Waals surface area contributed by atoms with Crippen molar-refractivity contribution < 1.29 is 33.9 Å². The van der Waals surface area contributed by atoms with Crippen molar-refractivity contribution in [3.63, 3.8) is 0 Å². The van der Waals surface area contributed by atoms with Crippen LogP contribution in [0, 0.1) is 17.8 Å². The summed E-state index contributed by atoms with van der Waals surface area (Å²) in [5.74, 6) is -4.47. The van der Waals surface area contributed by atoms with Crippen LogP contribution in [0.5, 0.6) is 0 Å². The van der Waals surface area contributed by atoms with Crippen molar-refractivity contribution in [1.29, 1.82) is 0 Å². The van der Waals surface area contributed by atoms with Crippen LogP contribution >= 0.6 is 0 Å². The summed E-state index contributed by atoms with van der Waals surface area (Å²) in [6, 6.07) is 15.1. The summed E-state index contributed by atoms with van der Waals surface area (Å²) in [5.41, 5.74) is 25.2. The highest BCUT2D eigenvalue weighted by molar-refractivity contribution is 5.95. The van der Waals surface area contributed by atoms with Crippen molar-refractivity contribution in [3.05, 3.63) is 71.8 Å². The van der Waals surface area contributed by atoms with E-state index in [1.165, 1.54) is 0 Å². The van der Waals surface area contributed by atoms with Gasteiger partial charge in [0.25, 0.3) is 0 Å². The Morgan fingerprint density at radius 2 is 1.14 bits per heavy atom. The molecule has 0 unspecified atom stereocenters. The number of rotatable bonds is 29. The van der Waals surface area contributed by atoms with Gasteiger partial charge in [-0.1, -0.05) is 88.4 Å². The number of unbranched alkanes of at least 4 members (excludes halogenated alkanes) is 1. The molecule has 0 bridgehead atoms. The first-order valence-electron chi connectivity index (χ1n) is 20.9. The number of carbonyl (C=O) groups is 6. The standard InChI is InChI=1S/C42H65N7O7.C2H6/c1-28(2)23-36(49-40(53)32(24-29-13-5-3-6-14-29)27-37(50)34(46)25-30-15-7-4-8-16-30)38(51)26-31(17-11-20-43)39(52)47-22-10-9-19-35(42(55)56)48-41(54)33(45)18-12-21-44;1-2/h3-8,13-16,28,31-36H,9-12,17-27,43-46H2,1-2H3,(H,47,52)(H,48,54)(H,49,53)(H,55,56);1-2H3/t31-,32-,33+,34+,35-,36+;/m0./s1. The second-order valence-electron chi connectivity index (χ2n) is 15.1. The zero-order valence-electron chi connectivity index (χ0n) is 35.1. The van der Waals surface area contributed by atoms with Crippen LogP contribution in [0.3, 0.4) is 0 Å². The molecule has 0 aliphatic carbocycles. The Balaban J connectivity index is 0.00000827. The van der Waals surface area contributed by atoms with Gasteiger partial charge in [-0.25, -0.2) is 4.79 Å². The van der Waals surface area contributed by atoms with E-state index in [-0.39, 0.29) is 55.6 Å². The van der Waals surface area contributed by atoms with E-state index in [0.717, 1.165) is 11.1 Å². The molecule has 12 N–H and O–H groups in total. The molecule has 0 spiro atoms. The fraction of sp³-hybridized carbons (Fsp3) is 0.591. The molecule has 0 saturated carbocycles. The van der Waals surface area contributed by atoms with E-state index in [9.17, 15) is 33.9 Å². The highest BCUT2D eigenvalue weighted by atomic mass is 16.4. The van der Waals surface area contributed by atoms with Crippen molar-refractivity contribution in [1.82, 2.24) is 16.0 Å². The monoisotopic (exact) mass is 810 g/mol. The predicted molar refractivity (Wildman–Crippen MR) is 228 cm³/mol. The zero-order chi connectivity index (χ0) is 43.5. The fourth-order valence-corrected chi connectivity index (χ4v) is 6.47. The average molecular weight is 810 g/mol. The number of nitrogens with two attached hydrogens (primary N) is 4. The summed E-state index contributed by atoms with van der Waals surface area (Å²) in [6.45, 7) is 8.81. The lowest BCUT2D eigenvalue weighted by Crippen LogP contribution is -2.48. The van der Waals surface area contributed by atoms with E-state index < -0.39 is 53.8 Å². The van der Waals surface area contributed by atoms with Crippen LogP contribution in [0.25, 0.3) is 0 Å². The van der Waals surface area contributed by atoms with E-state index in [2.05, 4.69) is 16.0 Å². The van der Waals surface area contributed by atoms with Gasteiger partial charge in [-0.15, -0.1) is 0 Å². The van der Waals surface area contributed by atoms with Crippen LogP contribution in [-0.4, -0.2) is 84.2 Å². The number of hydrogen-bond acceptors (Lipinski definition) is 10. The highest BCUT2D eigenvalue weighted by Crippen LogP contribution is 2.20. The van der Waals surface area contributed by atoms with E-state index in [1.807, 2.05) is 88.4 Å². The number of nitrogens with one attached hydrogen (secondary N) is 3. The lowest BCUT2D eigenvalue weighted by molar-refractivity contribution is -0.142. The van der Waals surface area contributed by atoms with Crippen LogP contribution in [-0.2, 0) is 41.6 Å². The molecule has 58 heavy (non-hydrogen) atoms. The minimum absolute atomic E-state index is 0.0372. The van der Waals surface area contributed by atoms with Gasteiger partial charge in [-0.05, 0) is 94.3 Å². The summed E-state index contributed by atoms with van der Waals surface area (Å²) in [4.78, 5) is 78.7. The van der Waals surface area contributed by atoms with Gasteiger partial charge in [0, 0.05) is 31.2 Å². The number of amides is 3. The summed E-state index contributed by atoms with van der Waals surface area (Å²) in [5, 5.41) is 17.9. The maximum atomic E-state index is 14.0. The number of benzene rings is 2. The molecule has 2 aromatic carbocycles. The van der Waals surface area contributed by atoms with E-state index in [0.29, 0.717) is 64.5 Å². The molecular formula is C44H71N7O7. The molecule has 0 fully saturated rings. The Morgan fingerprint density at radius 1 is 0.603 bits per heavy atom. The predicted octanol–water partition coefficient (Wildman–Crippen LogP) is 3.17. The van der Waals surface area contributed by atoms with Crippen molar-refractivity contribution in [2.24, 2.45) is 40.7 Å². The fourth-order valence-electron chi connectivity index (χ4n) is 6.47. The lowest BCUT2D eigenvalue weighted by Gasteiger charge is -2.25. The van der Waals surface area contributed by atoms with Gasteiger partial charge in [0.1, 0.15) is 6.04 Å². The first kappa shape index (κ1) is 51.5.